The Balaban J connectivity index is 0.000000206. The molecule has 31 heteroatoms. The van der Waals surface area contributed by atoms with Gasteiger partial charge in [0, 0.05) is 116 Å². The van der Waals surface area contributed by atoms with Crippen LogP contribution in [0.3, 0.4) is 0 Å². The number of hydrogen-bond acceptors (Lipinski definition) is 21. The Labute approximate surface area is 851 Å². The predicted octanol–water partition coefficient (Wildman–Crippen LogP) is 12.7. The van der Waals surface area contributed by atoms with Crippen LogP contribution in [-0.4, -0.2) is 217 Å². The predicted molar refractivity (Wildman–Crippen MR) is 548 cm³/mol. The Morgan fingerprint density at radius 2 is 0.685 bits per heavy atom. The number of nitrogens with one attached hydrogen (secondary N) is 9. The molecule has 13 rings (SSSR count). The van der Waals surface area contributed by atoms with Crippen molar-refractivity contribution in [3.8, 4) is 0 Å². The molecule has 9 N–H and O–H groups in total. The third kappa shape index (κ3) is 25.5. The van der Waals surface area contributed by atoms with Gasteiger partial charge >= 0.3 is 23.6 Å². The third-order valence-corrected chi connectivity index (χ3v) is 33.4. The lowest BCUT2D eigenvalue weighted by Gasteiger charge is -2.48. The minimum absolute atomic E-state index is 0.00534. The normalized spacial score (nSPS) is 30.2. The molecule has 0 spiro atoms. The Kier molecular flexibility index (Phi) is 33.5. The molecule has 11 aliphatic heterocycles. The summed E-state index contributed by atoms with van der Waals surface area (Å²) < 4.78 is 0. The zero-order valence-corrected chi connectivity index (χ0v) is 92.3. The number of amides is 16. The van der Waals surface area contributed by atoms with Crippen LogP contribution in [0.25, 0.3) is 0 Å². The van der Waals surface area contributed by atoms with Crippen molar-refractivity contribution in [1.82, 2.24) is 77.7 Å². The molecule has 16 amide bonds. The summed E-state index contributed by atoms with van der Waals surface area (Å²) in [6.45, 7) is 65.0. The molecule has 0 aliphatic carbocycles. The van der Waals surface area contributed by atoms with Gasteiger partial charge in [-0.15, -0.1) is 0 Å². The van der Waals surface area contributed by atoms with Gasteiger partial charge in [0.1, 0.15) is 0 Å². The largest absolute Gasteiger partial charge is 0.345 e. The molecule has 794 valence electrons. The van der Waals surface area contributed by atoms with Crippen molar-refractivity contribution in [1.29, 1.82) is 0 Å². The van der Waals surface area contributed by atoms with Gasteiger partial charge in [-0.1, -0.05) is 157 Å². The number of hydrazine groups is 2. The Morgan fingerprint density at radius 3 is 1.08 bits per heavy atom. The van der Waals surface area contributed by atoms with E-state index in [0.717, 1.165) is 43.2 Å². The number of carbonyl (C=O) groups is 16. The molecule has 0 radical (unpaired) electrons. The number of imide groups is 6. The number of piperidine rings is 5. The van der Waals surface area contributed by atoms with Crippen LogP contribution in [0.1, 0.15) is 348 Å². The average molecular weight is 1990 g/mol. The van der Waals surface area contributed by atoms with Crippen molar-refractivity contribution in [2.75, 3.05) is 7.05 Å². The summed E-state index contributed by atoms with van der Waals surface area (Å²) >= 11 is 0. The van der Waals surface area contributed by atoms with Crippen molar-refractivity contribution in [3.05, 3.63) is 71.8 Å². The molecule has 11 fully saturated rings. The second-order valence-electron chi connectivity index (χ2n) is 53.1. The quantitative estimate of drug-likeness (QED) is 0.0312. The number of hydrogen-bond donors (Lipinski definition) is 9. The zero-order chi connectivity index (χ0) is 107. The first-order chi connectivity index (χ1) is 65.6. The van der Waals surface area contributed by atoms with Gasteiger partial charge in [0.25, 0.3) is 23.6 Å². The topological polar surface area (TPSA) is 401 Å². The monoisotopic (exact) mass is 1990 g/mol. The molecular weight excluding hydrogens is 1810 g/mol. The molecular formula is C112H175N15O16. The summed E-state index contributed by atoms with van der Waals surface area (Å²) in [7, 11) is 1.58. The van der Waals surface area contributed by atoms with E-state index in [1.807, 2.05) is 139 Å². The maximum Gasteiger partial charge on any atom is 0.328 e. The van der Waals surface area contributed by atoms with Crippen molar-refractivity contribution >= 4 is 94.5 Å². The Hall–Kier alpha value is -9.04. The Morgan fingerprint density at radius 1 is 0.350 bits per heavy atom. The number of rotatable bonds is 26. The lowest BCUT2D eigenvalue weighted by Crippen LogP contribution is -2.63. The van der Waals surface area contributed by atoms with Gasteiger partial charge in [-0.05, 0) is 281 Å². The summed E-state index contributed by atoms with van der Waals surface area (Å²) in [5, 5.41) is 24.7. The summed E-state index contributed by atoms with van der Waals surface area (Å²) in [6.07, 6.45) is 10.4. The van der Waals surface area contributed by atoms with Crippen LogP contribution in [0, 0.1) is 94.7 Å². The van der Waals surface area contributed by atoms with Gasteiger partial charge in [0.15, 0.2) is 0 Å². The highest BCUT2D eigenvalue weighted by Gasteiger charge is 2.63. The first kappa shape index (κ1) is 114. The van der Waals surface area contributed by atoms with Crippen molar-refractivity contribution < 1.29 is 76.7 Å². The van der Waals surface area contributed by atoms with E-state index in [9.17, 15) is 76.7 Å². The van der Waals surface area contributed by atoms with Gasteiger partial charge in [0.05, 0.1) is 53.3 Å². The molecule has 11 heterocycles. The van der Waals surface area contributed by atoms with Gasteiger partial charge in [-0.3, -0.25) is 96.3 Å². The summed E-state index contributed by atoms with van der Waals surface area (Å²) in [4.78, 5) is 225. The summed E-state index contributed by atoms with van der Waals surface area (Å²) in [5.41, 5.74) is 2.77. The second kappa shape index (κ2) is 41.9. The van der Waals surface area contributed by atoms with Crippen molar-refractivity contribution in [2.45, 2.75) is 434 Å². The van der Waals surface area contributed by atoms with E-state index in [-0.39, 0.29) is 162 Å². The van der Waals surface area contributed by atoms with Crippen LogP contribution in [0.4, 0.5) is 0 Å². The highest BCUT2D eigenvalue weighted by atomic mass is 16.2. The van der Waals surface area contributed by atoms with Crippen LogP contribution >= 0.6 is 0 Å². The SMILES string of the molecule is CC(C)CC1C(=O)N(NC(=O)C(=O)NC2CC(C)(C)NC(C)(C)C2)C(=O)C1C(C)CC1C(=O)N(NC(=O)C(=O)NC2CC(C)(C)NC(C)(C)C2)C(=O)C1C.CC1C(=O)N(C2CC(C)(C)NC(C)(C)C2)C(=O)C1CC(C)(c1ccccc1)C1C(=O)N(C)C(=O)C1CC(C)(C)c1ccccc1.CCC(C)CC1C(=O)N(C2CC(C)(C)NC(C)(C)C2)C(=O)C1C(CC)CC1C(=O)N(C2CC(C)(C)NC(C)(C)C2)C(=O)C1C. The Bertz CT molecular complexity index is 5090. The van der Waals surface area contributed by atoms with Crippen LogP contribution < -0.4 is 48.1 Å². The van der Waals surface area contributed by atoms with Crippen LogP contribution in [0.2, 0.25) is 0 Å². The fourth-order valence-electron chi connectivity index (χ4n) is 28.6. The van der Waals surface area contributed by atoms with Crippen LogP contribution in [-0.2, 0) is 87.5 Å². The maximum atomic E-state index is 14.5. The van der Waals surface area contributed by atoms with Gasteiger partial charge in [-0.25, -0.2) is 10.9 Å². The van der Waals surface area contributed by atoms with Crippen LogP contribution in [0.5, 0.6) is 0 Å². The van der Waals surface area contributed by atoms with E-state index < -0.39 is 124 Å². The molecule has 2 aromatic rings. The molecule has 16 unspecified atom stereocenters. The smallest absolute Gasteiger partial charge is 0.328 e. The second-order valence-corrected chi connectivity index (χ2v) is 53.1. The van der Waals surface area contributed by atoms with Crippen LogP contribution in [0.15, 0.2) is 60.7 Å². The first-order valence-corrected chi connectivity index (χ1v) is 53.1. The number of nitrogens with zero attached hydrogens (tertiary/aromatic N) is 6. The molecule has 0 aromatic heterocycles. The fraction of sp³-hybridized carbons (Fsp3) is 0.750. The van der Waals surface area contributed by atoms with Crippen molar-refractivity contribution in [2.24, 2.45) is 94.7 Å². The third-order valence-electron chi connectivity index (χ3n) is 33.4. The van der Waals surface area contributed by atoms with Gasteiger partial charge in [-0.2, -0.15) is 10.0 Å². The standard InChI is InChI=1S/C38H62N8O8.C38H51N3O4.C36H62N4O4/c1-19(2)13-25-26(34(54)46(33(25)53)42-30(50)28(48)40-23-17-37(9,10)44-38(11,12)18-23)20(3)14-24-21(4)31(51)45(32(24)52)41-29(49)27(47)39-22-15-35(5,6)43-36(7,8)16-22;1-24-28(33(44)41(31(24)42)27-20-36(4,5)39-37(6,7)21-27)23-38(8,26-18-14-11-15-19-26)30-29(32(43)40(9)34(30)45)22-35(2,3)25-16-12-10-13-17-25;1-13-21(3)15-27-28(32(44)40(31(27)43)25-19-35(9,10)38-36(11,12)20-25)23(14-2)16-26-22(4)29(41)39(30(26)42)24-17-33(5,6)37-34(7,8)18-24/h19-26,43-44H,13-18H2,1-12H3,(H,39,47)(H,40,48)(H,41,49)(H,42,50);10-19,24,27-30,39H,20-23H2,1-9H3;21-28,37-38H,13-20H2,1-12H3. The number of carbonyl (C=O) groups excluding carboxylic acids is 16. The molecule has 16 atom stereocenters. The summed E-state index contributed by atoms with van der Waals surface area (Å²) in [5.74, 6) is -16.2. The van der Waals surface area contributed by atoms with E-state index >= 15 is 0 Å². The first-order valence-electron chi connectivity index (χ1n) is 53.1. The minimum Gasteiger partial charge on any atom is -0.345 e. The molecule has 11 saturated heterocycles. The lowest BCUT2D eigenvalue weighted by molar-refractivity contribution is -0.153. The van der Waals surface area contributed by atoms with E-state index in [4.69, 9.17) is 0 Å². The van der Waals surface area contributed by atoms with Gasteiger partial charge in [0.2, 0.25) is 47.3 Å². The van der Waals surface area contributed by atoms with Gasteiger partial charge < -0.3 is 37.2 Å². The molecule has 11 aliphatic rings. The molecule has 143 heavy (non-hydrogen) atoms. The van der Waals surface area contributed by atoms with Crippen molar-refractivity contribution in [3.63, 3.8) is 0 Å². The van der Waals surface area contributed by atoms with E-state index in [1.165, 1.54) is 11.8 Å². The highest BCUT2D eigenvalue weighted by Crippen LogP contribution is 2.54. The average Bonchev–Trinajstić information content (AvgIpc) is 1.57. The number of benzene rings is 2. The van der Waals surface area contributed by atoms with E-state index in [1.54, 1.807) is 28.7 Å². The fourth-order valence-corrected chi connectivity index (χ4v) is 28.6. The minimum atomic E-state index is -1.15. The molecule has 31 nitrogen and oxygen atoms in total. The molecule has 0 bridgehead atoms. The molecule has 0 saturated carbocycles. The summed E-state index contributed by atoms with van der Waals surface area (Å²) in [6, 6.07) is 18.8. The molecule has 2 aromatic carbocycles. The highest BCUT2D eigenvalue weighted by molar-refractivity contribution is 6.36. The maximum absolute atomic E-state index is 14.5. The number of likely N-dealkylation sites (tertiary alicyclic amines) is 4. The van der Waals surface area contributed by atoms with E-state index in [0.29, 0.717) is 93.0 Å². The lowest BCUT2D eigenvalue weighted by atomic mass is 9.60. The van der Waals surface area contributed by atoms with E-state index in [2.05, 4.69) is 178 Å². The zero-order valence-electron chi connectivity index (χ0n) is 92.3.